The van der Waals surface area contributed by atoms with E-state index >= 15 is 0 Å². The number of carbonyl (C=O) groups is 1. The molecule has 3 aromatic rings. The van der Waals surface area contributed by atoms with Crippen LogP contribution >= 0.6 is 11.6 Å². The molecule has 0 aliphatic heterocycles. The average Bonchev–Trinajstić information content (AvgIpc) is 3.29. The SMILES string of the molecule is C1CCCCC1.CC(C)c1c2cc(-c3cc(N(C)N=O)ncc3Cl)cc(F)c2nn1C.CCC1CC(C)(C(N)=O)C1. The topological polar surface area (TPSA) is 106 Å². The molecule has 0 atom stereocenters. The lowest BCUT2D eigenvalue weighted by atomic mass is 9.62. The van der Waals surface area contributed by atoms with E-state index in [2.05, 4.69) is 22.3 Å². The van der Waals surface area contributed by atoms with Crippen LogP contribution in [0.25, 0.3) is 22.0 Å². The van der Waals surface area contributed by atoms with Crippen LogP contribution in [0.4, 0.5) is 10.2 Å². The number of nitrogens with two attached hydrogens (primary N) is 1. The zero-order valence-corrected chi connectivity index (χ0v) is 26.0. The fourth-order valence-electron chi connectivity index (χ4n) is 5.75. The number of amides is 1. The van der Waals surface area contributed by atoms with Crippen LogP contribution in [0.5, 0.6) is 0 Å². The highest BCUT2D eigenvalue weighted by molar-refractivity contribution is 6.33. The first-order valence-electron chi connectivity index (χ1n) is 14.6. The van der Waals surface area contributed by atoms with Crippen molar-refractivity contribution in [3.05, 3.63) is 45.8 Å². The van der Waals surface area contributed by atoms with E-state index in [-0.39, 0.29) is 17.2 Å². The predicted molar refractivity (Wildman–Crippen MR) is 165 cm³/mol. The maximum Gasteiger partial charge on any atom is 0.223 e. The Bertz CT molecular complexity index is 1340. The Labute approximate surface area is 247 Å². The van der Waals surface area contributed by atoms with Crippen LogP contribution in [0.3, 0.4) is 0 Å². The molecule has 2 aliphatic rings. The molecule has 5 rings (SSSR count). The number of aryl methyl sites for hydroxylation is 1. The molecule has 2 aliphatic carbocycles. The summed E-state index contributed by atoms with van der Waals surface area (Å²) in [4.78, 5) is 25.6. The maximum absolute atomic E-state index is 14.6. The van der Waals surface area contributed by atoms with Gasteiger partial charge < -0.3 is 5.73 Å². The lowest BCUT2D eigenvalue weighted by molar-refractivity contribution is -0.134. The van der Waals surface area contributed by atoms with E-state index in [1.807, 2.05) is 26.8 Å². The number of hydrogen-bond acceptors (Lipinski definition) is 5. The fourth-order valence-corrected chi connectivity index (χ4v) is 5.96. The van der Waals surface area contributed by atoms with Crippen LogP contribution in [-0.4, -0.2) is 27.7 Å². The van der Waals surface area contributed by atoms with Gasteiger partial charge in [-0.2, -0.15) is 5.10 Å². The molecular formula is C31H44ClFN6O2. The van der Waals surface area contributed by atoms with Gasteiger partial charge in [-0.05, 0) is 48.4 Å². The van der Waals surface area contributed by atoms with Gasteiger partial charge in [-0.1, -0.05) is 84.2 Å². The molecule has 8 nitrogen and oxygen atoms in total. The molecule has 224 valence electrons. The minimum absolute atomic E-state index is 0.128. The summed E-state index contributed by atoms with van der Waals surface area (Å²) in [6, 6.07) is 4.86. The van der Waals surface area contributed by atoms with Crippen LogP contribution in [0.2, 0.25) is 5.02 Å². The average molecular weight is 587 g/mol. The van der Waals surface area contributed by atoms with Crippen molar-refractivity contribution in [1.82, 2.24) is 14.8 Å². The Balaban J connectivity index is 0.000000235. The molecule has 1 amide bonds. The van der Waals surface area contributed by atoms with Crippen molar-refractivity contribution in [2.75, 3.05) is 12.1 Å². The highest BCUT2D eigenvalue weighted by atomic mass is 35.5. The summed E-state index contributed by atoms with van der Waals surface area (Å²) in [5.74, 6) is 0.699. The molecule has 2 fully saturated rings. The quantitative estimate of drug-likeness (QED) is 0.231. The van der Waals surface area contributed by atoms with Crippen molar-refractivity contribution < 1.29 is 9.18 Å². The highest BCUT2D eigenvalue weighted by Crippen LogP contribution is 2.46. The number of primary amides is 1. The molecule has 2 heterocycles. The number of fused-ring (bicyclic) bond motifs is 1. The van der Waals surface area contributed by atoms with E-state index in [9.17, 15) is 14.1 Å². The number of anilines is 1. The van der Waals surface area contributed by atoms with Gasteiger partial charge in [0, 0.05) is 42.4 Å². The number of nitrogens with zero attached hydrogens (tertiary/aromatic N) is 5. The summed E-state index contributed by atoms with van der Waals surface area (Å²) >= 11 is 6.26. The number of rotatable bonds is 6. The minimum Gasteiger partial charge on any atom is -0.369 e. The van der Waals surface area contributed by atoms with Crippen molar-refractivity contribution in [2.45, 2.75) is 91.4 Å². The molecule has 0 radical (unpaired) electrons. The van der Waals surface area contributed by atoms with Gasteiger partial charge in [0.15, 0.2) is 11.6 Å². The van der Waals surface area contributed by atoms with E-state index < -0.39 is 5.82 Å². The zero-order valence-electron chi connectivity index (χ0n) is 25.2. The van der Waals surface area contributed by atoms with Gasteiger partial charge in [0.1, 0.15) is 5.52 Å². The highest BCUT2D eigenvalue weighted by Gasteiger charge is 2.43. The molecule has 0 unspecified atom stereocenters. The van der Waals surface area contributed by atoms with Gasteiger partial charge in [-0.25, -0.2) is 14.4 Å². The largest absolute Gasteiger partial charge is 0.369 e. The Morgan fingerprint density at radius 3 is 2.27 bits per heavy atom. The van der Waals surface area contributed by atoms with Crippen LogP contribution in [0.1, 0.15) is 97.1 Å². The molecular weight excluding hydrogens is 543 g/mol. The van der Waals surface area contributed by atoms with Crippen LogP contribution in [-0.2, 0) is 11.8 Å². The molecule has 2 aromatic heterocycles. The second-order valence-corrected chi connectivity index (χ2v) is 12.3. The molecule has 0 saturated heterocycles. The van der Waals surface area contributed by atoms with Gasteiger partial charge in [0.25, 0.3) is 0 Å². The third-order valence-corrected chi connectivity index (χ3v) is 8.54. The van der Waals surface area contributed by atoms with Crippen molar-refractivity contribution in [2.24, 2.45) is 29.4 Å². The number of nitroso groups, excluding NO2 is 1. The first-order valence-corrected chi connectivity index (χ1v) is 15.0. The number of benzene rings is 1. The van der Waals surface area contributed by atoms with Gasteiger partial charge in [-0.15, -0.1) is 4.91 Å². The number of pyridine rings is 1. The van der Waals surface area contributed by atoms with Crippen molar-refractivity contribution in [3.8, 4) is 11.1 Å². The minimum atomic E-state index is -0.425. The first kappa shape index (κ1) is 32.4. The molecule has 41 heavy (non-hydrogen) atoms. The lowest BCUT2D eigenvalue weighted by Gasteiger charge is -2.42. The summed E-state index contributed by atoms with van der Waals surface area (Å²) in [7, 11) is 3.28. The van der Waals surface area contributed by atoms with Gasteiger partial charge >= 0.3 is 0 Å². The Kier molecular flexibility index (Phi) is 11.2. The third kappa shape index (κ3) is 7.82. The molecule has 2 saturated carbocycles. The zero-order chi connectivity index (χ0) is 30.3. The van der Waals surface area contributed by atoms with Crippen molar-refractivity contribution in [1.29, 1.82) is 0 Å². The number of halogens is 2. The number of hydrogen-bond donors (Lipinski definition) is 1. The van der Waals surface area contributed by atoms with Crippen LogP contribution in [0.15, 0.2) is 29.7 Å². The van der Waals surface area contributed by atoms with Crippen molar-refractivity contribution in [3.63, 3.8) is 0 Å². The second kappa shape index (κ2) is 14.2. The molecule has 10 heteroatoms. The summed E-state index contributed by atoms with van der Waals surface area (Å²) in [5, 5.41) is 9.28. The third-order valence-electron chi connectivity index (χ3n) is 8.24. The van der Waals surface area contributed by atoms with Crippen LogP contribution in [0, 0.1) is 22.1 Å². The van der Waals surface area contributed by atoms with Crippen molar-refractivity contribution >= 4 is 34.2 Å². The summed E-state index contributed by atoms with van der Waals surface area (Å²) in [6.07, 6.45) is 13.6. The second-order valence-electron chi connectivity index (χ2n) is 11.9. The fraction of sp³-hybridized carbons (Fsp3) is 0.581. The summed E-state index contributed by atoms with van der Waals surface area (Å²) < 4.78 is 16.3. The predicted octanol–water partition coefficient (Wildman–Crippen LogP) is 8.31. The molecule has 2 N–H and O–H groups in total. The monoisotopic (exact) mass is 586 g/mol. The standard InChI is InChI=1S/C17H17ClFN5O.C8H15NO.C6H12/c1-9(2)17-12-5-10(6-14(19)16(12)21-24(17)4)11-7-15(23(3)22-25)20-8-13(11)18;1-3-6-4-8(2,5-6)7(9)10;1-2-4-6-5-3-1/h5-9H,1-4H3;6H,3-5H2,1-2H3,(H2,9,10);1-6H2. The van der Waals surface area contributed by atoms with Crippen LogP contribution < -0.4 is 10.7 Å². The Morgan fingerprint density at radius 1 is 1.20 bits per heavy atom. The first-order chi connectivity index (χ1) is 19.4. The van der Waals surface area contributed by atoms with Gasteiger partial charge in [0.05, 0.1) is 10.3 Å². The molecule has 0 spiro atoms. The molecule has 0 bridgehead atoms. The van der Waals surface area contributed by atoms with Gasteiger partial charge in [0.2, 0.25) is 5.91 Å². The normalized spacial score (nSPS) is 19.9. The van der Waals surface area contributed by atoms with E-state index in [0.717, 1.165) is 34.8 Å². The number of aromatic nitrogens is 3. The van der Waals surface area contributed by atoms with E-state index in [1.165, 1.54) is 64.3 Å². The maximum atomic E-state index is 14.6. The Morgan fingerprint density at radius 2 is 1.78 bits per heavy atom. The summed E-state index contributed by atoms with van der Waals surface area (Å²) in [5.41, 5.74) is 7.47. The van der Waals surface area contributed by atoms with E-state index in [0.29, 0.717) is 27.5 Å². The molecule has 1 aromatic carbocycles. The van der Waals surface area contributed by atoms with E-state index in [1.54, 1.807) is 17.8 Å². The van der Waals surface area contributed by atoms with E-state index in [4.69, 9.17) is 17.3 Å². The Hall–Kier alpha value is -3.07. The lowest BCUT2D eigenvalue weighted by Crippen LogP contribution is -2.45. The van der Waals surface area contributed by atoms with Gasteiger partial charge in [-0.3, -0.25) is 9.48 Å². The summed E-state index contributed by atoms with van der Waals surface area (Å²) in [6.45, 7) is 8.18. The smallest absolute Gasteiger partial charge is 0.223 e. The number of carbonyl (C=O) groups excluding carboxylic acids is 1.